The topological polar surface area (TPSA) is 52.7 Å². The summed E-state index contributed by atoms with van der Waals surface area (Å²) in [5.41, 5.74) is 3.39. The van der Waals surface area contributed by atoms with Crippen molar-refractivity contribution in [1.29, 1.82) is 0 Å². The number of piperidine rings is 1. The first kappa shape index (κ1) is 27.1. The van der Waals surface area contributed by atoms with Crippen molar-refractivity contribution in [2.24, 2.45) is 5.92 Å². The Labute approximate surface area is 231 Å². The molecule has 204 valence electrons. The molecule has 1 saturated carbocycles. The highest BCUT2D eigenvalue weighted by molar-refractivity contribution is 5.92. The van der Waals surface area contributed by atoms with Crippen LogP contribution >= 0.6 is 0 Å². The highest BCUT2D eigenvalue weighted by Gasteiger charge is 2.62. The van der Waals surface area contributed by atoms with Gasteiger partial charge in [-0.2, -0.15) is 0 Å². The SMILES string of the molecule is CC(=O)NC1(c2ccccc2)CCN(C[C@@H]2CC2(C(=O)N(C)Cc2ccc(F)cc2)c2cccc(C)c2)CC1. The molecule has 1 aliphatic heterocycles. The van der Waals surface area contributed by atoms with Gasteiger partial charge in [-0.05, 0) is 60.9 Å². The summed E-state index contributed by atoms with van der Waals surface area (Å²) in [6.07, 6.45) is 2.48. The van der Waals surface area contributed by atoms with Gasteiger partial charge in [0.2, 0.25) is 11.8 Å². The van der Waals surface area contributed by atoms with E-state index in [1.807, 2.05) is 31.3 Å². The summed E-state index contributed by atoms with van der Waals surface area (Å²) in [5, 5.41) is 3.26. The average Bonchev–Trinajstić information content (AvgIpc) is 3.65. The van der Waals surface area contributed by atoms with Crippen LogP contribution in [0.4, 0.5) is 4.39 Å². The summed E-state index contributed by atoms with van der Waals surface area (Å²) in [6.45, 7) is 6.65. The number of carbonyl (C=O) groups excluding carboxylic acids is 2. The maximum atomic E-state index is 14.1. The van der Waals surface area contributed by atoms with E-state index in [-0.39, 0.29) is 29.1 Å². The third-order valence-corrected chi connectivity index (χ3v) is 8.63. The van der Waals surface area contributed by atoms with Gasteiger partial charge in [-0.25, -0.2) is 4.39 Å². The van der Waals surface area contributed by atoms with Crippen LogP contribution in [-0.2, 0) is 27.1 Å². The summed E-state index contributed by atoms with van der Waals surface area (Å²) in [5.74, 6) is 0.0501. The molecule has 1 N–H and O–H groups in total. The molecule has 2 aliphatic rings. The molecule has 5 rings (SSSR count). The van der Waals surface area contributed by atoms with Gasteiger partial charge in [-0.3, -0.25) is 9.59 Å². The number of benzene rings is 3. The molecule has 1 aliphatic carbocycles. The number of amides is 2. The molecule has 0 radical (unpaired) electrons. The predicted molar refractivity (Wildman–Crippen MR) is 151 cm³/mol. The van der Waals surface area contributed by atoms with E-state index in [1.165, 1.54) is 12.1 Å². The number of carbonyl (C=O) groups is 2. The van der Waals surface area contributed by atoms with Gasteiger partial charge in [0.1, 0.15) is 5.82 Å². The fourth-order valence-corrected chi connectivity index (χ4v) is 6.50. The van der Waals surface area contributed by atoms with Gasteiger partial charge in [-0.1, -0.05) is 72.3 Å². The number of likely N-dealkylation sites (N-methyl/N-ethyl adjacent to an activating group) is 1. The van der Waals surface area contributed by atoms with Crippen LogP contribution in [0, 0.1) is 18.7 Å². The lowest BCUT2D eigenvalue weighted by Gasteiger charge is -2.43. The Hall–Kier alpha value is -3.51. The summed E-state index contributed by atoms with van der Waals surface area (Å²) in [4.78, 5) is 30.4. The van der Waals surface area contributed by atoms with Crippen LogP contribution in [0.25, 0.3) is 0 Å². The number of rotatable bonds is 8. The molecule has 2 atom stereocenters. The normalized spacial score (nSPS) is 22.2. The Morgan fingerprint density at radius 1 is 0.974 bits per heavy atom. The van der Waals surface area contributed by atoms with Gasteiger partial charge in [0.25, 0.3) is 0 Å². The molecule has 2 fully saturated rings. The lowest BCUT2D eigenvalue weighted by Crippen LogP contribution is -2.53. The predicted octanol–water partition coefficient (Wildman–Crippen LogP) is 5.18. The van der Waals surface area contributed by atoms with Crippen molar-refractivity contribution in [3.8, 4) is 0 Å². The van der Waals surface area contributed by atoms with E-state index < -0.39 is 5.41 Å². The van der Waals surface area contributed by atoms with Gasteiger partial charge >= 0.3 is 0 Å². The Kier molecular flexibility index (Phi) is 7.59. The standard InChI is InChI=1S/C33H38FN3O2/c1-24-8-7-11-28(20-24)33(31(39)36(3)22-26-12-14-30(34)15-13-26)21-29(33)23-37-18-16-32(17-19-37,35-25(2)38)27-9-5-4-6-10-27/h4-15,20,29H,16-19,21-23H2,1-3H3,(H,35,38)/t29-,33?/m0/s1. The van der Waals surface area contributed by atoms with Crippen molar-refractivity contribution in [2.45, 2.75) is 50.6 Å². The van der Waals surface area contributed by atoms with E-state index >= 15 is 0 Å². The summed E-state index contributed by atoms with van der Waals surface area (Å²) in [6, 6.07) is 25.0. The zero-order chi connectivity index (χ0) is 27.6. The smallest absolute Gasteiger partial charge is 0.233 e. The summed E-state index contributed by atoms with van der Waals surface area (Å²) in [7, 11) is 1.85. The second kappa shape index (κ2) is 10.9. The second-order valence-corrected chi connectivity index (χ2v) is 11.5. The third kappa shape index (κ3) is 5.62. The fraction of sp³-hybridized carbons (Fsp3) is 0.394. The second-order valence-electron chi connectivity index (χ2n) is 11.5. The van der Waals surface area contributed by atoms with Crippen molar-refractivity contribution in [3.63, 3.8) is 0 Å². The fourth-order valence-electron chi connectivity index (χ4n) is 6.50. The van der Waals surface area contributed by atoms with Crippen LogP contribution in [0.5, 0.6) is 0 Å². The molecule has 0 bridgehead atoms. The maximum absolute atomic E-state index is 14.1. The van der Waals surface area contributed by atoms with E-state index in [4.69, 9.17) is 0 Å². The largest absolute Gasteiger partial charge is 0.347 e. The van der Waals surface area contributed by atoms with Gasteiger partial charge in [-0.15, -0.1) is 0 Å². The minimum absolute atomic E-state index is 0.0113. The van der Waals surface area contributed by atoms with Crippen LogP contribution in [0.1, 0.15) is 48.4 Å². The van der Waals surface area contributed by atoms with Gasteiger partial charge in [0.15, 0.2) is 0 Å². The van der Waals surface area contributed by atoms with Crippen molar-refractivity contribution >= 4 is 11.8 Å². The Morgan fingerprint density at radius 2 is 1.64 bits per heavy atom. The van der Waals surface area contributed by atoms with E-state index in [2.05, 4.69) is 47.5 Å². The van der Waals surface area contributed by atoms with Crippen LogP contribution in [0.3, 0.4) is 0 Å². The number of hydrogen-bond donors (Lipinski definition) is 1. The van der Waals surface area contributed by atoms with Crippen LogP contribution in [0.2, 0.25) is 0 Å². The first-order valence-corrected chi connectivity index (χ1v) is 13.9. The summed E-state index contributed by atoms with van der Waals surface area (Å²) >= 11 is 0. The number of likely N-dealkylation sites (tertiary alicyclic amines) is 1. The molecule has 1 heterocycles. The highest BCUT2D eigenvalue weighted by atomic mass is 19.1. The number of aryl methyl sites for hydroxylation is 1. The molecular formula is C33H38FN3O2. The molecule has 1 unspecified atom stereocenters. The highest BCUT2D eigenvalue weighted by Crippen LogP contribution is 2.56. The van der Waals surface area contributed by atoms with Gasteiger partial charge in [0, 0.05) is 40.2 Å². The van der Waals surface area contributed by atoms with E-state index in [1.54, 1.807) is 24.0 Å². The zero-order valence-electron chi connectivity index (χ0n) is 23.1. The number of nitrogens with one attached hydrogen (secondary N) is 1. The van der Waals surface area contributed by atoms with Crippen molar-refractivity contribution in [1.82, 2.24) is 15.1 Å². The molecule has 3 aromatic carbocycles. The van der Waals surface area contributed by atoms with Gasteiger partial charge in [0.05, 0.1) is 11.0 Å². The van der Waals surface area contributed by atoms with Crippen molar-refractivity contribution in [2.75, 3.05) is 26.7 Å². The van der Waals surface area contributed by atoms with E-state index in [0.29, 0.717) is 6.54 Å². The molecule has 0 spiro atoms. The Bertz CT molecular complexity index is 1320. The summed E-state index contributed by atoms with van der Waals surface area (Å²) < 4.78 is 13.4. The van der Waals surface area contributed by atoms with Crippen LogP contribution in [0.15, 0.2) is 78.9 Å². The quantitative estimate of drug-likeness (QED) is 0.439. The monoisotopic (exact) mass is 527 g/mol. The molecule has 3 aromatic rings. The molecule has 1 saturated heterocycles. The number of hydrogen-bond acceptors (Lipinski definition) is 3. The van der Waals surface area contributed by atoms with Gasteiger partial charge < -0.3 is 15.1 Å². The lowest BCUT2D eigenvalue weighted by atomic mass is 9.80. The van der Waals surface area contributed by atoms with E-state index in [0.717, 1.165) is 61.2 Å². The molecule has 6 heteroatoms. The molecular weight excluding hydrogens is 489 g/mol. The van der Waals surface area contributed by atoms with Crippen molar-refractivity contribution < 1.29 is 14.0 Å². The first-order valence-electron chi connectivity index (χ1n) is 13.9. The third-order valence-electron chi connectivity index (χ3n) is 8.63. The van der Waals surface area contributed by atoms with Crippen LogP contribution in [-0.4, -0.2) is 48.3 Å². The maximum Gasteiger partial charge on any atom is 0.233 e. The molecule has 0 aromatic heterocycles. The molecule has 5 nitrogen and oxygen atoms in total. The van der Waals surface area contributed by atoms with Crippen LogP contribution < -0.4 is 5.32 Å². The Morgan fingerprint density at radius 3 is 2.28 bits per heavy atom. The average molecular weight is 528 g/mol. The minimum atomic E-state index is -0.549. The Balaban J connectivity index is 1.32. The minimum Gasteiger partial charge on any atom is -0.347 e. The molecule has 2 amide bonds. The lowest BCUT2D eigenvalue weighted by molar-refractivity contribution is -0.133. The van der Waals surface area contributed by atoms with E-state index in [9.17, 15) is 14.0 Å². The van der Waals surface area contributed by atoms with Crippen molar-refractivity contribution in [3.05, 3.63) is 107 Å². The zero-order valence-corrected chi connectivity index (χ0v) is 23.1. The molecule has 39 heavy (non-hydrogen) atoms. The number of halogens is 1. The first-order chi connectivity index (χ1) is 18.7. The number of nitrogens with zero attached hydrogens (tertiary/aromatic N) is 2.